The molecule has 0 fully saturated rings. The minimum atomic E-state index is 0.495. The highest BCUT2D eigenvalue weighted by Crippen LogP contribution is 2.34. The van der Waals surface area contributed by atoms with Gasteiger partial charge < -0.3 is 0 Å². The molecule has 0 aliphatic carbocycles. The summed E-state index contributed by atoms with van der Waals surface area (Å²) in [6.45, 7) is 0. The number of rotatable bonds is 4. The van der Waals surface area contributed by atoms with Crippen molar-refractivity contribution in [1.82, 2.24) is 9.97 Å². The van der Waals surface area contributed by atoms with Crippen molar-refractivity contribution in [2.45, 2.75) is 9.92 Å². The molecule has 128 valence electrons. The van der Waals surface area contributed by atoms with Crippen molar-refractivity contribution in [3.05, 3.63) is 96.6 Å². The molecule has 0 radical (unpaired) electrons. The predicted molar refractivity (Wildman–Crippen MR) is 108 cm³/mol. The van der Waals surface area contributed by atoms with E-state index in [1.165, 1.54) is 11.8 Å². The summed E-state index contributed by atoms with van der Waals surface area (Å²) in [5, 5.41) is 10.5. The lowest BCUT2D eigenvalue weighted by Gasteiger charge is -2.11. The van der Waals surface area contributed by atoms with E-state index in [0.29, 0.717) is 22.1 Å². The van der Waals surface area contributed by atoms with E-state index >= 15 is 0 Å². The second-order valence-corrected chi connectivity index (χ2v) is 6.90. The van der Waals surface area contributed by atoms with Crippen LogP contribution in [0.5, 0.6) is 0 Å². The molecule has 0 atom stereocenters. The van der Waals surface area contributed by atoms with Crippen LogP contribution in [0.2, 0.25) is 0 Å². The minimum Gasteiger partial charge on any atom is -0.227 e. The Balaban J connectivity index is 1.92. The fourth-order valence-corrected chi connectivity index (χ4v) is 3.63. The maximum absolute atomic E-state index is 9.86. The van der Waals surface area contributed by atoms with Gasteiger partial charge in [-0.3, -0.25) is 0 Å². The highest BCUT2D eigenvalue weighted by molar-refractivity contribution is 7.99. The molecule has 27 heavy (non-hydrogen) atoms. The number of nitrogens with zero attached hydrogens (tertiary/aromatic N) is 3. The Morgan fingerprint density at radius 3 is 1.81 bits per heavy atom. The first kappa shape index (κ1) is 17.0. The van der Waals surface area contributed by atoms with Crippen LogP contribution in [0.3, 0.4) is 0 Å². The van der Waals surface area contributed by atoms with Gasteiger partial charge in [-0.1, -0.05) is 90.6 Å². The summed E-state index contributed by atoms with van der Waals surface area (Å²) >= 11 is 1.48. The van der Waals surface area contributed by atoms with Crippen molar-refractivity contribution in [3.63, 3.8) is 0 Å². The molecule has 4 aromatic rings. The maximum atomic E-state index is 9.86. The first-order chi connectivity index (χ1) is 13.3. The molecule has 1 heterocycles. The molecule has 0 bridgehead atoms. The average molecular weight is 365 g/mol. The highest BCUT2D eigenvalue weighted by atomic mass is 32.2. The van der Waals surface area contributed by atoms with Crippen LogP contribution in [-0.4, -0.2) is 9.97 Å². The Morgan fingerprint density at radius 1 is 0.667 bits per heavy atom. The molecule has 4 rings (SSSR count). The van der Waals surface area contributed by atoms with Crippen molar-refractivity contribution in [2.75, 3.05) is 0 Å². The quantitative estimate of drug-likeness (QED) is 0.427. The van der Waals surface area contributed by atoms with Gasteiger partial charge in [0.25, 0.3) is 0 Å². The van der Waals surface area contributed by atoms with Crippen LogP contribution < -0.4 is 0 Å². The van der Waals surface area contributed by atoms with E-state index in [9.17, 15) is 5.26 Å². The van der Waals surface area contributed by atoms with Crippen molar-refractivity contribution in [2.24, 2.45) is 0 Å². The van der Waals surface area contributed by atoms with E-state index in [4.69, 9.17) is 9.97 Å². The second kappa shape index (κ2) is 7.86. The zero-order valence-corrected chi connectivity index (χ0v) is 15.2. The normalized spacial score (nSPS) is 10.3. The zero-order chi connectivity index (χ0) is 18.5. The molecule has 0 unspecified atom stereocenters. The number of benzene rings is 3. The van der Waals surface area contributed by atoms with Gasteiger partial charge in [0, 0.05) is 16.0 Å². The van der Waals surface area contributed by atoms with Crippen LogP contribution in [0.25, 0.3) is 22.6 Å². The van der Waals surface area contributed by atoms with Crippen LogP contribution in [0.1, 0.15) is 5.56 Å². The van der Waals surface area contributed by atoms with E-state index in [1.54, 1.807) is 0 Å². The number of aromatic nitrogens is 2. The largest absolute Gasteiger partial charge is 0.227 e. The van der Waals surface area contributed by atoms with Crippen LogP contribution in [0.4, 0.5) is 0 Å². The Labute approximate surface area is 162 Å². The lowest BCUT2D eigenvalue weighted by Crippen LogP contribution is -2.00. The molecule has 0 saturated carbocycles. The molecule has 0 amide bonds. The van der Waals surface area contributed by atoms with Gasteiger partial charge in [0.15, 0.2) is 5.82 Å². The van der Waals surface area contributed by atoms with Gasteiger partial charge in [0.05, 0.1) is 5.69 Å². The standard InChI is InChI=1S/C23H15N3S/c24-16-20-21(17-10-4-1-5-11-17)25-22(18-12-6-2-7-13-18)26-23(20)27-19-14-8-3-9-15-19/h1-15H. The third-order valence-electron chi connectivity index (χ3n) is 4.02. The molecule has 0 spiro atoms. The van der Waals surface area contributed by atoms with E-state index < -0.39 is 0 Å². The smallest absolute Gasteiger partial charge is 0.161 e. The van der Waals surface area contributed by atoms with Gasteiger partial charge in [0.1, 0.15) is 16.7 Å². The van der Waals surface area contributed by atoms with Crippen LogP contribution in [0.15, 0.2) is 101 Å². The van der Waals surface area contributed by atoms with Gasteiger partial charge in [-0.2, -0.15) is 5.26 Å². The topological polar surface area (TPSA) is 49.6 Å². The Kier molecular flexibility index (Phi) is 4.95. The van der Waals surface area contributed by atoms with Gasteiger partial charge in [-0.15, -0.1) is 0 Å². The van der Waals surface area contributed by atoms with Crippen molar-refractivity contribution in [3.8, 4) is 28.7 Å². The van der Waals surface area contributed by atoms with E-state index in [0.717, 1.165) is 16.0 Å². The maximum Gasteiger partial charge on any atom is 0.161 e. The number of nitriles is 1. The zero-order valence-electron chi connectivity index (χ0n) is 14.4. The molecular weight excluding hydrogens is 350 g/mol. The van der Waals surface area contributed by atoms with Gasteiger partial charge in [0.2, 0.25) is 0 Å². The van der Waals surface area contributed by atoms with Crippen LogP contribution in [-0.2, 0) is 0 Å². The third kappa shape index (κ3) is 3.74. The molecule has 0 N–H and O–H groups in total. The molecule has 1 aromatic heterocycles. The monoisotopic (exact) mass is 365 g/mol. The number of hydrogen-bond donors (Lipinski definition) is 0. The molecule has 3 aromatic carbocycles. The van der Waals surface area contributed by atoms with Gasteiger partial charge in [-0.05, 0) is 12.1 Å². The Hall–Kier alpha value is -3.42. The van der Waals surface area contributed by atoms with E-state index in [1.807, 2.05) is 91.0 Å². The van der Waals surface area contributed by atoms with Crippen LogP contribution >= 0.6 is 11.8 Å². The lowest BCUT2D eigenvalue weighted by molar-refractivity contribution is 1.04. The Morgan fingerprint density at radius 2 is 1.22 bits per heavy atom. The molecule has 3 nitrogen and oxygen atoms in total. The summed E-state index contributed by atoms with van der Waals surface area (Å²) in [7, 11) is 0. The summed E-state index contributed by atoms with van der Waals surface area (Å²) < 4.78 is 0. The molecule has 0 aliphatic heterocycles. The van der Waals surface area contributed by atoms with E-state index in [2.05, 4.69) is 6.07 Å². The lowest BCUT2D eigenvalue weighted by atomic mass is 10.1. The summed E-state index contributed by atoms with van der Waals surface area (Å²) in [5.41, 5.74) is 2.98. The highest BCUT2D eigenvalue weighted by Gasteiger charge is 2.17. The fraction of sp³-hybridized carbons (Fsp3) is 0. The summed E-state index contributed by atoms with van der Waals surface area (Å²) in [6, 6.07) is 31.9. The van der Waals surface area contributed by atoms with Gasteiger partial charge >= 0.3 is 0 Å². The summed E-state index contributed by atoms with van der Waals surface area (Å²) in [4.78, 5) is 10.5. The van der Waals surface area contributed by atoms with Crippen molar-refractivity contribution >= 4 is 11.8 Å². The molecule has 4 heteroatoms. The predicted octanol–water partition coefficient (Wildman–Crippen LogP) is 5.83. The van der Waals surface area contributed by atoms with Crippen molar-refractivity contribution in [1.29, 1.82) is 5.26 Å². The SMILES string of the molecule is N#Cc1c(Sc2ccccc2)nc(-c2ccccc2)nc1-c1ccccc1. The minimum absolute atomic E-state index is 0.495. The first-order valence-corrected chi connectivity index (χ1v) is 9.32. The molecule has 0 saturated heterocycles. The average Bonchev–Trinajstić information content (AvgIpc) is 2.75. The summed E-state index contributed by atoms with van der Waals surface area (Å²) in [6.07, 6.45) is 0. The number of hydrogen-bond acceptors (Lipinski definition) is 4. The van der Waals surface area contributed by atoms with Crippen molar-refractivity contribution < 1.29 is 0 Å². The second-order valence-electron chi connectivity index (χ2n) is 5.83. The third-order valence-corrected chi connectivity index (χ3v) is 5.02. The Bertz CT molecular complexity index is 1090. The van der Waals surface area contributed by atoms with Crippen LogP contribution in [0, 0.1) is 11.3 Å². The summed E-state index contributed by atoms with van der Waals surface area (Å²) in [5.74, 6) is 0.617. The molecular formula is C23H15N3S. The fourth-order valence-electron chi connectivity index (χ4n) is 2.74. The first-order valence-electron chi connectivity index (χ1n) is 8.51. The molecule has 0 aliphatic rings. The van der Waals surface area contributed by atoms with E-state index in [-0.39, 0.29) is 0 Å². The van der Waals surface area contributed by atoms with Gasteiger partial charge in [-0.25, -0.2) is 9.97 Å².